The fraction of sp³-hybridized carbons (Fsp3) is 0.692. The van der Waals surface area contributed by atoms with Gasteiger partial charge in [0.2, 0.25) is 5.91 Å². The molecule has 1 aromatic heterocycles. The van der Waals surface area contributed by atoms with E-state index >= 15 is 0 Å². The van der Waals surface area contributed by atoms with Crippen LogP contribution in [-0.4, -0.2) is 28.8 Å². The Morgan fingerprint density at radius 1 is 1.67 bits per heavy atom. The largest absolute Gasteiger partial charge is 0.323 e. The number of nitrogens with one attached hydrogen (secondary N) is 2. The van der Waals surface area contributed by atoms with Crippen molar-refractivity contribution in [2.75, 3.05) is 18.4 Å². The first-order valence-electron chi connectivity index (χ1n) is 6.66. The zero-order chi connectivity index (χ0) is 13.0. The third-order valence-corrected chi connectivity index (χ3v) is 3.47. The number of carbonyl (C=O) groups is 1. The molecule has 1 unspecified atom stereocenters. The highest BCUT2D eigenvalue weighted by Crippen LogP contribution is 2.17. The van der Waals surface area contributed by atoms with Crippen LogP contribution in [0.5, 0.6) is 0 Å². The number of aromatic nitrogens is 2. The number of hydrogen-bond acceptors (Lipinski definition) is 3. The molecule has 0 aliphatic carbocycles. The van der Waals surface area contributed by atoms with Crippen LogP contribution < -0.4 is 10.6 Å². The van der Waals surface area contributed by atoms with Gasteiger partial charge in [-0.3, -0.25) is 9.48 Å². The van der Waals surface area contributed by atoms with E-state index < -0.39 is 0 Å². The average molecular weight is 250 g/mol. The van der Waals surface area contributed by atoms with Gasteiger partial charge in [0.1, 0.15) is 0 Å². The highest BCUT2D eigenvalue weighted by atomic mass is 16.1. The SMILES string of the molecule is Cc1nn(C)cc1NC(=O)CCC1CCCNC1. The van der Waals surface area contributed by atoms with Gasteiger partial charge in [-0.05, 0) is 45.2 Å². The van der Waals surface area contributed by atoms with E-state index in [-0.39, 0.29) is 5.91 Å². The molecule has 1 aliphatic rings. The van der Waals surface area contributed by atoms with E-state index in [1.165, 1.54) is 12.8 Å². The molecule has 1 aliphatic heterocycles. The van der Waals surface area contributed by atoms with Gasteiger partial charge in [0.05, 0.1) is 11.4 Å². The highest BCUT2D eigenvalue weighted by Gasteiger charge is 2.15. The van der Waals surface area contributed by atoms with Gasteiger partial charge in [-0.25, -0.2) is 0 Å². The molecule has 2 N–H and O–H groups in total. The van der Waals surface area contributed by atoms with Crippen LogP contribution in [-0.2, 0) is 11.8 Å². The van der Waals surface area contributed by atoms with Crippen LogP contribution in [0.25, 0.3) is 0 Å². The summed E-state index contributed by atoms with van der Waals surface area (Å²) in [5.74, 6) is 0.746. The number of carbonyl (C=O) groups excluding carboxylic acids is 1. The number of piperidine rings is 1. The zero-order valence-corrected chi connectivity index (χ0v) is 11.2. The van der Waals surface area contributed by atoms with E-state index in [1.807, 2.05) is 20.2 Å². The van der Waals surface area contributed by atoms with Gasteiger partial charge in [-0.1, -0.05) is 0 Å². The molecule has 0 saturated carbocycles. The van der Waals surface area contributed by atoms with Crippen molar-refractivity contribution < 1.29 is 4.79 Å². The van der Waals surface area contributed by atoms with Crippen molar-refractivity contribution in [1.29, 1.82) is 0 Å². The predicted octanol–water partition coefficient (Wildman–Crippen LogP) is 1.45. The van der Waals surface area contributed by atoms with E-state index in [9.17, 15) is 4.79 Å². The Labute approximate surface area is 108 Å². The molecule has 0 spiro atoms. The summed E-state index contributed by atoms with van der Waals surface area (Å²) in [6.45, 7) is 4.08. The predicted molar refractivity (Wildman–Crippen MR) is 71.4 cm³/mol. The standard InChI is InChI=1S/C13H22N4O/c1-10-12(9-17(2)16-10)15-13(18)6-5-11-4-3-7-14-8-11/h9,11,14H,3-8H2,1-2H3,(H,15,18). The molecule has 2 heterocycles. The highest BCUT2D eigenvalue weighted by molar-refractivity contribution is 5.91. The average Bonchev–Trinajstić information content (AvgIpc) is 2.67. The molecule has 2 rings (SSSR count). The van der Waals surface area contributed by atoms with E-state index in [0.717, 1.165) is 30.9 Å². The van der Waals surface area contributed by atoms with Gasteiger partial charge in [-0.15, -0.1) is 0 Å². The van der Waals surface area contributed by atoms with Crippen molar-refractivity contribution >= 4 is 11.6 Å². The third-order valence-electron chi connectivity index (χ3n) is 3.47. The first-order valence-corrected chi connectivity index (χ1v) is 6.66. The molecule has 1 amide bonds. The maximum Gasteiger partial charge on any atom is 0.224 e. The van der Waals surface area contributed by atoms with Crippen molar-refractivity contribution in [1.82, 2.24) is 15.1 Å². The van der Waals surface area contributed by atoms with Gasteiger partial charge >= 0.3 is 0 Å². The number of anilines is 1. The van der Waals surface area contributed by atoms with Crippen LogP contribution in [0, 0.1) is 12.8 Å². The molecule has 1 atom stereocenters. The Kier molecular flexibility index (Phi) is 4.36. The van der Waals surface area contributed by atoms with Gasteiger partial charge in [-0.2, -0.15) is 5.10 Å². The van der Waals surface area contributed by atoms with Crippen molar-refractivity contribution in [3.8, 4) is 0 Å². The number of hydrogen-bond donors (Lipinski definition) is 2. The Morgan fingerprint density at radius 2 is 2.50 bits per heavy atom. The zero-order valence-electron chi connectivity index (χ0n) is 11.2. The van der Waals surface area contributed by atoms with E-state index in [2.05, 4.69) is 15.7 Å². The lowest BCUT2D eigenvalue weighted by Crippen LogP contribution is -2.30. The maximum atomic E-state index is 11.8. The first kappa shape index (κ1) is 13.1. The van der Waals surface area contributed by atoms with E-state index in [1.54, 1.807) is 4.68 Å². The monoisotopic (exact) mass is 250 g/mol. The van der Waals surface area contributed by atoms with E-state index in [4.69, 9.17) is 0 Å². The number of rotatable bonds is 4. The molecule has 0 radical (unpaired) electrons. The summed E-state index contributed by atoms with van der Waals surface area (Å²) in [6, 6.07) is 0. The lowest BCUT2D eigenvalue weighted by molar-refractivity contribution is -0.116. The quantitative estimate of drug-likeness (QED) is 0.850. The van der Waals surface area contributed by atoms with Gasteiger partial charge in [0.15, 0.2) is 0 Å². The lowest BCUT2D eigenvalue weighted by Gasteiger charge is -2.22. The number of amides is 1. The van der Waals surface area contributed by atoms with Crippen LogP contribution in [0.15, 0.2) is 6.20 Å². The van der Waals surface area contributed by atoms with Crippen molar-refractivity contribution in [3.05, 3.63) is 11.9 Å². The summed E-state index contributed by atoms with van der Waals surface area (Å²) >= 11 is 0. The molecular formula is C13H22N4O. The smallest absolute Gasteiger partial charge is 0.224 e. The number of aryl methyl sites for hydroxylation is 2. The molecule has 18 heavy (non-hydrogen) atoms. The summed E-state index contributed by atoms with van der Waals surface area (Å²) in [7, 11) is 1.86. The second-order valence-corrected chi connectivity index (χ2v) is 5.10. The minimum atomic E-state index is 0.0941. The van der Waals surface area contributed by atoms with Crippen molar-refractivity contribution in [3.63, 3.8) is 0 Å². The summed E-state index contributed by atoms with van der Waals surface area (Å²) in [5, 5.41) is 10.5. The molecule has 5 heteroatoms. The van der Waals surface area contributed by atoms with Crippen LogP contribution >= 0.6 is 0 Å². The molecule has 1 aromatic rings. The fourth-order valence-electron chi connectivity index (χ4n) is 2.44. The molecule has 5 nitrogen and oxygen atoms in total. The summed E-state index contributed by atoms with van der Waals surface area (Å²) in [6.07, 6.45) is 5.88. The minimum Gasteiger partial charge on any atom is -0.323 e. The van der Waals surface area contributed by atoms with Gasteiger partial charge in [0, 0.05) is 19.7 Å². The molecular weight excluding hydrogens is 228 g/mol. The van der Waals surface area contributed by atoms with Gasteiger partial charge in [0.25, 0.3) is 0 Å². The Hall–Kier alpha value is -1.36. The molecule has 1 saturated heterocycles. The summed E-state index contributed by atoms with van der Waals surface area (Å²) in [4.78, 5) is 11.8. The molecule has 1 fully saturated rings. The summed E-state index contributed by atoms with van der Waals surface area (Å²) in [5.41, 5.74) is 1.69. The number of nitrogens with zero attached hydrogens (tertiary/aromatic N) is 2. The van der Waals surface area contributed by atoms with Crippen LogP contribution in [0.3, 0.4) is 0 Å². The topological polar surface area (TPSA) is 59.0 Å². The molecule has 100 valence electrons. The lowest BCUT2D eigenvalue weighted by atomic mass is 9.94. The maximum absolute atomic E-state index is 11.8. The van der Waals surface area contributed by atoms with Crippen LogP contribution in [0.1, 0.15) is 31.4 Å². The second-order valence-electron chi connectivity index (χ2n) is 5.10. The molecule has 0 aromatic carbocycles. The molecule has 0 bridgehead atoms. The second kappa shape index (κ2) is 6.00. The Balaban J connectivity index is 1.76. The summed E-state index contributed by atoms with van der Waals surface area (Å²) < 4.78 is 1.72. The van der Waals surface area contributed by atoms with Crippen molar-refractivity contribution in [2.24, 2.45) is 13.0 Å². The van der Waals surface area contributed by atoms with E-state index in [0.29, 0.717) is 12.3 Å². The Morgan fingerprint density at radius 3 is 3.11 bits per heavy atom. The normalized spacial score (nSPS) is 19.8. The van der Waals surface area contributed by atoms with Crippen LogP contribution in [0.4, 0.5) is 5.69 Å². The fourth-order valence-corrected chi connectivity index (χ4v) is 2.44. The van der Waals surface area contributed by atoms with Crippen LogP contribution in [0.2, 0.25) is 0 Å². The van der Waals surface area contributed by atoms with Gasteiger partial charge < -0.3 is 10.6 Å². The third kappa shape index (κ3) is 3.57. The Bertz CT molecular complexity index is 407. The van der Waals surface area contributed by atoms with Crippen molar-refractivity contribution in [2.45, 2.75) is 32.6 Å². The minimum absolute atomic E-state index is 0.0941. The first-order chi connectivity index (χ1) is 8.65.